The molecule has 2 rings (SSSR count). The van der Waals surface area contributed by atoms with E-state index < -0.39 is 5.91 Å². The van der Waals surface area contributed by atoms with Gasteiger partial charge in [0.15, 0.2) is 6.61 Å². The quantitative estimate of drug-likeness (QED) is 0.697. The van der Waals surface area contributed by atoms with Crippen molar-refractivity contribution in [1.82, 2.24) is 5.32 Å². The van der Waals surface area contributed by atoms with Crippen LogP contribution in [0, 0.1) is 5.92 Å². The fraction of sp³-hybridized carbons (Fsp3) is 0.550. The van der Waals surface area contributed by atoms with E-state index in [9.17, 15) is 14.4 Å². The number of carbonyl (C=O) groups is 3. The molecule has 26 heavy (non-hydrogen) atoms. The number of ether oxygens (including phenoxy) is 1. The fourth-order valence-electron chi connectivity index (χ4n) is 3.31. The van der Waals surface area contributed by atoms with Crippen LogP contribution in [0.25, 0.3) is 0 Å². The summed E-state index contributed by atoms with van der Waals surface area (Å²) < 4.78 is 5.03. The van der Waals surface area contributed by atoms with E-state index in [0.29, 0.717) is 17.7 Å². The maximum Gasteiger partial charge on any atom is 0.306 e. The Hall–Kier alpha value is -2.37. The van der Waals surface area contributed by atoms with Gasteiger partial charge in [0.1, 0.15) is 0 Å². The van der Waals surface area contributed by atoms with Gasteiger partial charge in [0.05, 0.1) is 0 Å². The smallest absolute Gasteiger partial charge is 0.306 e. The van der Waals surface area contributed by atoms with Gasteiger partial charge in [-0.3, -0.25) is 14.4 Å². The zero-order valence-electron chi connectivity index (χ0n) is 15.4. The maximum atomic E-state index is 11.9. The molecule has 0 bridgehead atoms. The molecule has 2 N–H and O–H groups in total. The van der Waals surface area contributed by atoms with E-state index in [1.54, 1.807) is 31.3 Å². The first-order chi connectivity index (χ1) is 12.6. The van der Waals surface area contributed by atoms with Gasteiger partial charge >= 0.3 is 5.97 Å². The third-order valence-electron chi connectivity index (χ3n) is 4.72. The summed E-state index contributed by atoms with van der Waals surface area (Å²) in [5.41, 5.74) is 0.939. The van der Waals surface area contributed by atoms with E-state index in [1.165, 1.54) is 32.1 Å². The van der Waals surface area contributed by atoms with Crippen LogP contribution in [0.3, 0.4) is 0 Å². The van der Waals surface area contributed by atoms with Crippen LogP contribution in [0.5, 0.6) is 0 Å². The number of hydrogen-bond acceptors (Lipinski definition) is 4. The van der Waals surface area contributed by atoms with E-state index in [4.69, 9.17) is 4.74 Å². The van der Waals surface area contributed by atoms with Crippen LogP contribution in [0.2, 0.25) is 0 Å². The lowest BCUT2D eigenvalue weighted by molar-refractivity contribution is -0.147. The summed E-state index contributed by atoms with van der Waals surface area (Å²) in [6.07, 6.45) is 8.72. The number of hydrogen-bond donors (Lipinski definition) is 2. The van der Waals surface area contributed by atoms with Crippen molar-refractivity contribution in [2.45, 2.75) is 51.4 Å². The Morgan fingerprint density at radius 2 is 1.92 bits per heavy atom. The van der Waals surface area contributed by atoms with Crippen molar-refractivity contribution in [2.75, 3.05) is 19.0 Å². The van der Waals surface area contributed by atoms with Gasteiger partial charge in [-0.25, -0.2) is 0 Å². The third kappa shape index (κ3) is 6.86. The molecule has 0 saturated heterocycles. The Morgan fingerprint density at radius 1 is 1.15 bits per heavy atom. The van der Waals surface area contributed by atoms with E-state index in [2.05, 4.69) is 10.6 Å². The van der Waals surface area contributed by atoms with Gasteiger partial charge in [0, 0.05) is 24.7 Å². The van der Waals surface area contributed by atoms with Crippen LogP contribution >= 0.6 is 0 Å². The van der Waals surface area contributed by atoms with Crippen LogP contribution in [-0.4, -0.2) is 31.4 Å². The van der Waals surface area contributed by atoms with Crippen molar-refractivity contribution in [3.63, 3.8) is 0 Å². The molecular weight excluding hydrogens is 332 g/mol. The zero-order valence-corrected chi connectivity index (χ0v) is 15.4. The highest BCUT2D eigenvalue weighted by Gasteiger charge is 2.14. The summed E-state index contributed by atoms with van der Waals surface area (Å²) in [6.45, 7) is -0.313. The predicted molar refractivity (Wildman–Crippen MR) is 99.8 cm³/mol. The van der Waals surface area contributed by atoms with Crippen molar-refractivity contribution in [3.05, 3.63) is 29.8 Å². The highest BCUT2D eigenvalue weighted by Crippen LogP contribution is 2.27. The fourth-order valence-corrected chi connectivity index (χ4v) is 3.31. The summed E-state index contributed by atoms with van der Waals surface area (Å²) in [4.78, 5) is 35.3. The average Bonchev–Trinajstić information content (AvgIpc) is 2.67. The van der Waals surface area contributed by atoms with Gasteiger partial charge in [0.25, 0.3) is 11.8 Å². The number of nitrogens with one attached hydrogen (secondary N) is 2. The van der Waals surface area contributed by atoms with Crippen LogP contribution < -0.4 is 10.6 Å². The molecule has 0 unspecified atom stereocenters. The third-order valence-corrected chi connectivity index (χ3v) is 4.72. The molecule has 0 atom stereocenters. The molecule has 0 heterocycles. The minimum atomic E-state index is -0.417. The van der Waals surface area contributed by atoms with E-state index in [-0.39, 0.29) is 18.5 Å². The van der Waals surface area contributed by atoms with Gasteiger partial charge in [-0.2, -0.15) is 0 Å². The van der Waals surface area contributed by atoms with E-state index in [0.717, 1.165) is 18.8 Å². The topological polar surface area (TPSA) is 84.5 Å². The highest BCUT2D eigenvalue weighted by atomic mass is 16.5. The largest absolute Gasteiger partial charge is 0.456 e. The Labute approximate surface area is 154 Å². The molecule has 0 aromatic heterocycles. The molecule has 1 aromatic carbocycles. The van der Waals surface area contributed by atoms with Crippen LogP contribution in [0.4, 0.5) is 5.69 Å². The lowest BCUT2D eigenvalue weighted by Crippen LogP contribution is -2.22. The first kappa shape index (κ1) is 19.9. The molecule has 0 aliphatic heterocycles. The number of esters is 1. The minimum absolute atomic E-state index is 0.231. The number of benzene rings is 1. The molecule has 1 aromatic rings. The first-order valence-corrected chi connectivity index (χ1v) is 9.36. The molecule has 0 radical (unpaired) electrons. The Morgan fingerprint density at radius 3 is 2.65 bits per heavy atom. The van der Waals surface area contributed by atoms with Gasteiger partial charge < -0.3 is 15.4 Å². The zero-order chi connectivity index (χ0) is 18.8. The molecule has 2 amide bonds. The summed E-state index contributed by atoms with van der Waals surface area (Å²) in [6, 6.07) is 6.58. The summed E-state index contributed by atoms with van der Waals surface area (Å²) in [5.74, 6) is -0.243. The summed E-state index contributed by atoms with van der Waals surface area (Å²) in [5, 5.41) is 5.15. The molecular formula is C20H28N2O4. The van der Waals surface area contributed by atoms with Crippen molar-refractivity contribution < 1.29 is 19.1 Å². The Balaban J connectivity index is 1.66. The first-order valence-electron chi connectivity index (χ1n) is 9.36. The molecule has 1 saturated carbocycles. The second kappa shape index (κ2) is 10.6. The van der Waals surface area contributed by atoms with Crippen molar-refractivity contribution in [3.8, 4) is 0 Å². The standard InChI is InChI=1S/C20H28N2O4/c1-21-20(25)16-10-6-11-17(13-16)22-18(23)14-26-19(24)12-5-9-15-7-3-2-4-8-15/h6,10-11,13,15H,2-5,7-9,12,14H2,1H3,(H,21,25)(H,22,23). The summed E-state index contributed by atoms with van der Waals surface area (Å²) in [7, 11) is 1.54. The highest BCUT2D eigenvalue weighted by molar-refractivity contribution is 5.97. The van der Waals surface area contributed by atoms with Gasteiger partial charge in [0.2, 0.25) is 0 Å². The SMILES string of the molecule is CNC(=O)c1cccc(NC(=O)COC(=O)CCCC2CCCCC2)c1. The average molecular weight is 360 g/mol. The van der Waals surface area contributed by atoms with Crippen LogP contribution in [0.1, 0.15) is 61.7 Å². The lowest BCUT2D eigenvalue weighted by Gasteiger charge is -2.20. The molecule has 1 aliphatic carbocycles. The second-order valence-electron chi connectivity index (χ2n) is 6.77. The van der Waals surface area contributed by atoms with Crippen molar-refractivity contribution in [1.29, 1.82) is 0 Å². The van der Waals surface area contributed by atoms with E-state index >= 15 is 0 Å². The van der Waals surface area contributed by atoms with Crippen molar-refractivity contribution in [2.24, 2.45) is 5.92 Å². The van der Waals surface area contributed by atoms with Crippen LogP contribution in [0.15, 0.2) is 24.3 Å². The number of anilines is 1. The minimum Gasteiger partial charge on any atom is -0.456 e. The van der Waals surface area contributed by atoms with E-state index in [1.807, 2.05) is 0 Å². The molecule has 0 spiro atoms. The lowest BCUT2D eigenvalue weighted by atomic mass is 9.86. The van der Waals surface area contributed by atoms with Crippen LogP contribution in [-0.2, 0) is 14.3 Å². The second-order valence-corrected chi connectivity index (χ2v) is 6.77. The molecule has 6 heteroatoms. The summed E-state index contributed by atoms with van der Waals surface area (Å²) >= 11 is 0. The Bertz CT molecular complexity index is 624. The molecule has 142 valence electrons. The van der Waals surface area contributed by atoms with Gasteiger partial charge in [-0.05, 0) is 37.0 Å². The Kier molecular flexibility index (Phi) is 8.12. The molecule has 1 fully saturated rings. The molecule has 6 nitrogen and oxygen atoms in total. The predicted octanol–water partition coefficient (Wildman–Crippen LogP) is 3.28. The number of amides is 2. The number of carbonyl (C=O) groups excluding carboxylic acids is 3. The molecule has 1 aliphatic rings. The normalized spacial score (nSPS) is 14.5. The maximum absolute atomic E-state index is 11.9. The van der Waals surface area contributed by atoms with Gasteiger partial charge in [-0.1, -0.05) is 38.2 Å². The number of rotatable bonds is 8. The van der Waals surface area contributed by atoms with Gasteiger partial charge in [-0.15, -0.1) is 0 Å². The monoisotopic (exact) mass is 360 g/mol. The van der Waals surface area contributed by atoms with Crippen molar-refractivity contribution >= 4 is 23.5 Å².